The lowest BCUT2D eigenvalue weighted by atomic mass is 9.85. The highest BCUT2D eigenvalue weighted by Gasteiger charge is 2.33. The Balaban J connectivity index is 2.11. The zero-order valence-electron chi connectivity index (χ0n) is 14.1. The molecule has 0 aromatic heterocycles. The van der Waals surface area contributed by atoms with Gasteiger partial charge in [-0.1, -0.05) is 57.5 Å². The monoisotopic (exact) mass is 302 g/mol. The van der Waals surface area contributed by atoms with E-state index in [1.54, 1.807) is 0 Å². The molecule has 22 heavy (non-hydrogen) atoms. The van der Waals surface area contributed by atoms with Gasteiger partial charge in [-0.25, -0.2) is 0 Å². The van der Waals surface area contributed by atoms with Crippen molar-refractivity contribution >= 4 is 5.91 Å². The third-order valence-electron chi connectivity index (χ3n) is 4.63. The predicted octanol–water partition coefficient (Wildman–Crippen LogP) is 3.66. The molecule has 1 unspecified atom stereocenters. The van der Waals surface area contributed by atoms with E-state index in [-0.39, 0.29) is 23.3 Å². The molecule has 2 rings (SSSR count). The Kier molecular flexibility index (Phi) is 5.63. The van der Waals surface area contributed by atoms with E-state index in [1.165, 1.54) is 5.56 Å². The van der Waals surface area contributed by atoms with Gasteiger partial charge in [-0.2, -0.15) is 0 Å². The molecule has 1 fully saturated rings. The number of carbonyl (C=O) groups excluding carboxylic acids is 1. The molecule has 0 radical (unpaired) electrons. The maximum Gasteiger partial charge on any atom is 0.223 e. The molecule has 1 saturated carbocycles. The Bertz CT molecular complexity index is 478. The summed E-state index contributed by atoms with van der Waals surface area (Å²) in [6, 6.07) is 10.4. The number of benzene rings is 1. The van der Waals surface area contributed by atoms with Gasteiger partial charge in [-0.3, -0.25) is 4.79 Å². The summed E-state index contributed by atoms with van der Waals surface area (Å²) in [6.07, 6.45) is 4.12. The van der Waals surface area contributed by atoms with Gasteiger partial charge in [0.25, 0.3) is 0 Å². The first kappa shape index (κ1) is 17.0. The van der Waals surface area contributed by atoms with E-state index in [0.717, 1.165) is 25.7 Å². The van der Waals surface area contributed by atoms with Gasteiger partial charge in [0.1, 0.15) is 0 Å². The molecule has 0 spiro atoms. The first-order valence-electron chi connectivity index (χ1n) is 8.46. The van der Waals surface area contributed by atoms with Gasteiger partial charge in [0.05, 0.1) is 6.04 Å². The zero-order valence-corrected chi connectivity index (χ0v) is 14.1. The second-order valence-corrected chi connectivity index (χ2v) is 7.77. The Labute approximate surface area is 134 Å². The lowest BCUT2D eigenvalue weighted by Gasteiger charge is -2.29. The average molecular weight is 302 g/mol. The third kappa shape index (κ3) is 4.57. The fourth-order valence-corrected chi connectivity index (χ4v) is 3.49. The summed E-state index contributed by atoms with van der Waals surface area (Å²) in [6.45, 7) is 7.27. The molecule has 1 amide bonds. The van der Waals surface area contributed by atoms with Gasteiger partial charge in [0, 0.05) is 5.92 Å². The molecule has 3 N–H and O–H groups in total. The van der Waals surface area contributed by atoms with Crippen molar-refractivity contribution in [3.63, 3.8) is 0 Å². The van der Waals surface area contributed by atoms with Crippen LogP contribution in [-0.4, -0.2) is 12.5 Å². The van der Waals surface area contributed by atoms with E-state index in [1.807, 2.05) is 18.2 Å². The minimum absolute atomic E-state index is 0.0766. The molecule has 3 atom stereocenters. The maximum absolute atomic E-state index is 12.7. The van der Waals surface area contributed by atoms with Crippen LogP contribution in [0.5, 0.6) is 0 Å². The van der Waals surface area contributed by atoms with Crippen LogP contribution in [0.4, 0.5) is 0 Å². The molecular formula is C19H30N2O. The van der Waals surface area contributed by atoms with Crippen molar-refractivity contribution in [3.05, 3.63) is 35.9 Å². The molecule has 0 saturated heterocycles. The van der Waals surface area contributed by atoms with Crippen LogP contribution in [0.25, 0.3) is 0 Å². The predicted molar refractivity (Wildman–Crippen MR) is 91.3 cm³/mol. The summed E-state index contributed by atoms with van der Waals surface area (Å²) in [7, 11) is 0. The van der Waals surface area contributed by atoms with Crippen LogP contribution in [-0.2, 0) is 4.79 Å². The van der Waals surface area contributed by atoms with Gasteiger partial charge >= 0.3 is 0 Å². The SMILES string of the molecule is CC(C)(C)CC(NC(=O)[C@@H]1CCC[C@@H]1CN)c1ccccc1. The van der Waals surface area contributed by atoms with E-state index in [4.69, 9.17) is 5.73 Å². The van der Waals surface area contributed by atoms with Crippen molar-refractivity contribution in [2.24, 2.45) is 23.0 Å². The van der Waals surface area contributed by atoms with Crippen LogP contribution in [0.15, 0.2) is 30.3 Å². The number of nitrogens with two attached hydrogens (primary N) is 1. The topological polar surface area (TPSA) is 55.1 Å². The van der Waals surface area contributed by atoms with Crippen molar-refractivity contribution in [1.82, 2.24) is 5.32 Å². The average Bonchev–Trinajstić information content (AvgIpc) is 2.94. The van der Waals surface area contributed by atoms with E-state index >= 15 is 0 Å². The second-order valence-electron chi connectivity index (χ2n) is 7.77. The first-order valence-corrected chi connectivity index (χ1v) is 8.46. The van der Waals surface area contributed by atoms with Crippen LogP contribution in [0, 0.1) is 17.3 Å². The smallest absolute Gasteiger partial charge is 0.223 e. The van der Waals surface area contributed by atoms with Crippen LogP contribution in [0.1, 0.15) is 58.1 Å². The zero-order chi connectivity index (χ0) is 16.2. The van der Waals surface area contributed by atoms with Gasteiger partial charge in [0.2, 0.25) is 5.91 Å². The molecule has 0 bridgehead atoms. The molecule has 3 nitrogen and oxygen atoms in total. The molecule has 0 aliphatic heterocycles. The highest BCUT2D eigenvalue weighted by Crippen LogP contribution is 2.33. The Hall–Kier alpha value is -1.35. The molecule has 3 heteroatoms. The molecule has 1 aromatic carbocycles. The lowest BCUT2D eigenvalue weighted by Crippen LogP contribution is -2.38. The van der Waals surface area contributed by atoms with E-state index in [9.17, 15) is 4.79 Å². The number of nitrogens with one attached hydrogen (secondary N) is 1. The van der Waals surface area contributed by atoms with Gasteiger partial charge < -0.3 is 11.1 Å². The van der Waals surface area contributed by atoms with Gasteiger partial charge in [-0.15, -0.1) is 0 Å². The maximum atomic E-state index is 12.7. The van der Waals surface area contributed by atoms with Crippen molar-refractivity contribution in [2.45, 2.75) is 52.5 Å². The van der Waals surface area contributed by atoms with E-state index < -0.39 is 0 Å². The molecule has 122 valence electrons. The fraction of sp³-hybridized carbons (Fsp3) is 0.632. The standard InChI is InChI=1S/C19H30N2O/c1-19(2,3)12-17(14-8-5-4-6-9-14)21-18(22)16-11-7-10-15(16)13-20/h4-6,8-9,15-17H,7,10-13,20H2,1-3H3,(H,21,22)/t15-,16-,17?/m1/s1. The number of hydrogen-bond donors (Lipinski definition) is 2. The number of hydrogen-bond acceptors (Lipinski definition) is 2. The molecule has 1 aliphatic rings. The summed E-state index contributed by atoms with van der Waals surface area (Å²) >= 11 is 0. The molecule has 1 aromatic rings. The fourth-order valence-electron chi connectivity index (χ4n) is 3.49. The molecular weight excluding hydrogens is 272 g/mol. The second kappa shape index (κ2) is 7.28. The Morgan fingerprint density at radius 3 is 2.55 bits per heavy atom. The quantitative estimate of drug-likeness (QED) is 0.872. The van der Waals surface area contributed by atoms with Gasteiger partial charge in [-0.05, 0) is 42.7 Å². The number of carbonyl (C=O) groups is 1. The minimum atomic E-state index is 0.0766. The van der Waals surface area contributed by atoms with Crippen molar-refractivity contribution < 1.29 is 4.79 Å². The Morgan fingerprint density at radius 2 is 1.95 bits per heavy atom. The molecule has 1 aliphatic carbocycles. The third-order valence-corrected chi connectivity index (χ3v) is 4.63. The van der Waals surface area contributed by atoms with Crippen LogP contribution >= 0.6 is 0 Å². The summed E-state index contributed by atoms with van der Waals surface area (Å²) in [4.78, 5) is 12.7. The van der Waals surface area contributed by atoms with Crippen molar-refractivity contribution in [1.29, 1.82) is 0 Å². The normalized spacial score (nSPS) is 23.3. The minimum Gasteiger partial charge on any atom is -0.349 e. The van der Waals surface area contributed by atoms with Crippen molar-refractivity contribution in [3.8, 4) is 0 Å². The number of rotatable bonds is 5. The largest absolute Gasteiger partial charge is 0.349 e. The first-order chi connectivity index (χ1) is 10.4. The highest BCUT2D eigenvalue weighted by atomic mass is 16.2. The Morgan fingerprint density at radius 1 is 1.27 bits per heavy atom. The summed E-state index contributed by atoms with van der Waals surface area (Å²) < 4.78 is 0. The van der Waals surface area contributed by atoms with Gasteiger partial charge in [0.15, 0.2) is 0 Å². The van der Waals surface area contributed by atoms with Crippen LogP contribution in [0.3, 0.4) is 0 Å². The van der Waals surface area contributed by atoms with E-state index in [0.29, 0.717) is 12.5 Å². The van der Waals surface area contributed by atoms with E-state index in [2.05, 4.69) is 38.2 Å². The van der Waals surface area contributed by atoms with Crippen LogP contribution < -0.4 is 11.1 Å². The summed E-state index contributed by atoms with van der Waals surface area (Å²) in [5.41, 5.74) is 7.18. The summed E-state index contributed by atoms with van der Waals surface area (Å²) in [5, 5.41) is 3.30. The summed E-state index contributed by atoms with van der Waals surface area (Å²) in [5.74, 6) is 0.633. The number of amides is 1. The highest BCUT2D eigenvalue weighted by molar-refractivity contribution is 5.79. The van der Waals surface area contributed by atoms with Crippen molar-refractivity contribution in [2.75, 3.05) is 6.54 Å². The molecule has 0 heterocycles. The van der Waals surface area contributed by atoms with Crippen LogP contribution in [0.2, 0.25) is 0 Å². The lowest BCUT2D eigenvalue weighted by molar-refractivity contribution is -0.126.